The van der Waals surface area contributed by atoms with Crippen molar-refractivity contribution in [3.63, 3.8) is 0 Å². The fourth-order valence-electron chi connectivity index (χ4n) is 2.62. The average Bonchev–Trinajstić information content (AvgIpc) is 2.60. The minimum Gasteiger partial charge on any atom is -0.325 e. The smallest absolute Gasteiger partial charge is 0.321 e. The predicted octanol–water partition coefficient (Wildman–Crippen LogP) is 3.93. The van der Waals surface area contributed by atoms with E-state index >= 15 is 0 Å². The van der Waals surface area contributed by atoms with Gasteiger partial charge in [-0.25, -0.2) is 4.79 Å². The number of amides is 2. The lowest BCUT2D eigenvalue weighted by Gasteiger charge is -2.23. The highest BCUT2D eigenvalue weighted by Gasteiger charge is 2.25. The Bertz CT molecular complexity index is 520. The van der Waals surface area contributed by atoms with E-state index in [9.17, 15) is 9.59 Å². The van der Waals surface area contributed by atoms with Crippen LogP contribution in [0.15, 0.2) is 24.3 Å². The summed E-state index contributed by atoms with van der Waals surface area (Å²) < 4.78 is 0. The molecular formula is C17H24N2O2. The monoisotopic (exact) mass is 288 g/mol. The van der Waals surface area contributed by atoms with Gasteiger partial charge in [-0.1, -0.05) is 13.8 Å². The summed E-state index contributed by atoms with van der Waals surface area (Å²) in [5, 5.41) is 2.91. The average molecular weight is 288 g/mol. The van der Waals surface area contributed by atoms with Crippen molar-refractivity contribution in [2.24, 2.45) is 5.41 Å². The van der Waals surface area contributed by atoms with Crippen LogP contribution in [0.25, 0.3) is 0 Å². The summed E-state index contributed by atoms with van der Waals surface area (Å²) in [6, 6.07) is 6.98. The Morgan fingerprint density at radius 2 is 1.76 bits per heavy atom. The van der Waals surface area contributed by atoms with Gasteiger partial charge in [-0.05, 0) is 55.9 Å². The molecule has 0 spiro atoms. The first-order chi connectivity index (χ1) is 9.87. The highest BCUT2D eigenvalue weighted by Crippen LogP contribution is 2.29. The highest BCUT2D eigenvalue weighted by atomic mass is 16.2. The number of ketones is 1. The standard InChI is InChI=1S/C17H24N2O2/c1-13(20)14-5-7-15(8-6-14)18-16(21)19-11-4-9-17(2,3)10-12-19/h5-8H,4,9-12H2,1-3H3,(H,18,21). The topological polar surface area (TPSA) is 49.4 Å². The van der Waals surface area contributed by atoms with Gasteiger partial charge < -0.3 is 10.2 Å². The van der Waals surface area contributed by atoms with Crippen molar-refractivity contribution in [2.75, 3.05) is 18.4 Å². The summed E-state index contributed by atoms with van der Waals surface area (Å²) in [7, 11) is 0. The number of rotatable bonds is 2. The molecule has 2 rings (SSSR count). The number of nitrogens with zero attached hydrogens (tertiary/aromatic N) is 1. The van der Waals surface area contributed by atoms with Gasteiger partial charge in [-0.15, -0.1) is 0 Å². The second kappa shape index (κ2) is 6.29. The summed E-state index contributed by atoms with van der Waals surface area (Å²) in [4.78, 5) is 25.4. The molecule has 0 atom stereocenters. The Morgan fingerprint density at radius 1 is 1.10 bits per heavy atom. The lowest BCUT2D eigenvalue weighted by Crippen LogP contribution is -2.36. The molecule has 1 aliphatic rings. The van der Waals surface area contributed by atoms with Crippen molar-refractivity contribution in [3.05, 3.63) is 29.8 Å². The van der Waals surface area contributed by atoms with Crippen LogP contribution < -0.4 is 5.32 Å². The van der Waals surface area contributed by atoms with E-state index in [2.05, 4.69) is 19.2 Å². The van der Waals surface area contributed by atoms with E-state index in [4.69, 9.17) is 0 Å². The maximum atomic E-state index is 12.3. The number of nitrogens with one attached hydrogen (secondary N) is 1. The molecule has 0 radical (unpaired) electrons. The first kappa shape index (κ1) is 15.5. The molecule has 0 unspecified atom stereocenters. The molecule has 1 heterocycles. The molecule has 114 valence electrons. The second-order valence-corrected chi connectivity index (χ2v) is 6.57. The number of carbonyl (C=O) groups is 2. The summed E-state index contributed by atoms with van der Waals surface area (Å²) in [5.74, 6) is 0.0302. The SMILES string of the molecule is CC(=O)c1ccc(NC(=O)N2CCCC(C)(C)CC2)cc1. The second-order valence-electron chi connectivity index (χ2n) is 6.57. The first-order valence-corrected chi connectivity index (χ1v) is 7.54. The lowest BCUT2D eigenvalue weighted by atomic mass is 9.85. The van der Waals surface area contributed by atoms with Crippen LogP contribution in [-0.2, 0) is 0 Å². The maximum absolute atomic E-state index is 12.3. The fraction of sp³-hybridized carbons (Fsp3) is 0.529. The largest absolute Gasteiger partial charge is 0.325 e. The Balaban J connectivity index is 1.96. The van der Waals surface area contributed by atoms with E-state index in [1.54, 1.807) is 24.3 Å². The number of carbonyl (C=O) groups excluding carboxylic acids is 2. The quantitative estimate of drug-likeness (QED) is 0.838. The highest BCUT2D eigenvalue weighted by molar-refractivity contribution is 5.95. The summed E-state index contributed by atoms with van der Waals surface area (Å²) >= 11 is 0. The molecule has 1 fully saturated rings. The molecule has 0 aromatic heterocycles. The van der Waals surface area contributed by atoms with Crippen LogP contribution >= 0.6 is 0 Å². The van der Waals surface area contributed by atoms with E-state index in [0.29, 0.717) is 11.0 Å². The van der Waals surface area contributed by atoms with Crippen molar-refractivity contribution >= 4 is 17.5 Å². The van der Waals surface area contributed by atoms with Crippen molar-refractivity contribution in [1.82, 2.24) is 4.90 Å². The van der Waals surface area contributed by atoms with Gasteiger partial charge in [0.2, 0.25) is 0 Å². The molecule has 1 saturated heterocycles. The van der Waals surface area contributed by atoms with E-state index in [-0.39, 0.29) is 11.8 Å². The Kier molecular flexibility index (Phi) is 4.66. The molecule has 0 bridgehead atoms. The normalized spacial score (nSPS) is 18.0. The van der Waals surface area contributed by atoms with Crippen LogP contribution in [0.2, 0.25) is 0 Å². The Morgan fingerprint density at radius 3 is 2.38 bits per heavy atom. The van der Waals surface area contributed by atoms with Crippen LogP contribution in [0.4, 0.5) is 10.5 Å². The number of anilines is 1. The molecule has 1 aromatic rings. The first-order valence-electron chi connectivity index (χ1n) is 7.54. The minimum absolute atomic E-state index is 0.0302. The number of hydrogen-bond acceptors (Lipinski definition) is 2. The number of urea groups is 1. The van der Waals surface area contributed by atoms with Gasteiger partial charge >= 0.3 is 6.03 Å². The molecule has 21 heavy (non-hydrogen) atoms. The Hall–Kier alpha value is -1.84. The van der Waals surface area contributed by atoms with Gasteiger partial charge in [0.1, 0.15) is 0 Å². The molecule has 0 aliphatic carbocycles. The molecule has 2 amide bonds. The van der Waals surface area contributed by atoms with Gasteiger partial charge in [-0.3, -0.25) is 4.79 Å². The molecule has 4 nitrogen and oxygen atoms in total. The van der Waals surface area contributed by atoms with Crippen molar-refractivity contribution in [3.8, 4) is 0 Å². The van der Waals surface area contributed by atoms with E-state index in [0.717, 1.165) is 38.0 Å². The van der Waals surface area contributed by atoms with Crippen LogP contribution in [0.5, 0.6) is 0 Å². The van der Waals surface area contributed by atoms with Crippen LogP contribution in [0.1, 0.15) is 50.4 Å². The van der Waals surface area contributed by atoms with Gasteiger partial charge in [0.15, 0.2) is 5.78 Å². The number of likely N-dealkylation sites (tertiary alicyclic amines) is 1. The maximum Gasteiger partial charge on any atom is 0.321 e. The molecule has 0 saturated carbocycles. The third-order valence-corrected chi connectivity index (χ3v) is 4.17. The van der Waals surface area contributed by atoms with Crippen molar-refractivity contribution in [1.29, 1.82) is 0 Å². The number of benzene rings is 1. The van der Waals surface area contributed by atoms with Crippen molar-refractivity contribution < 1.29 is 9.59 Å². The third-order valence-electron chi connectivity index (χ3n) is 4.17. The third kappa shape index (κ3) is 4.31. The van der Waals surface area contributed by atoms with Gasteiger partial charge in [0.25, 0.3) is 0 Å². The minimum atomic E-state index is -0.0525. The summed E-state index contributed by atoms with van der Waals surface area (Å²) in [6.07, 6.45) is 3.23. The summed E-state index contributed by atoms with van der Waals surface area (Å²) in [5.41, 5.74) is 1.70. The van der Waals surface area contributed by atoms with E-state index < -0.39 is 0 Å². The molecule has 1 N–H and O–H groups in total. The van der Waals surface area contributed by atoms with Crippen molar-refractivity contribution in [2.45, 2.75) is 40.0 Å². The zero-order valence-corrected chi connectivity index (χ0v) is 13.1. The van der Waals surface area contributed by atoms with Crippen LogP contribution in [-0.4, -0.2) is 29.8 Å². The van der Waals surface area contributed by atoms with Gasteiger partial charge in [0, 0.05) is 24.3 Å². The zero-order valence-electron chi connectivity index (χ0n) is 13.1. The van der Waals surface area contributed by atoms with E-state index in [1.165, 1.54) is 6.92 Å². The summed E-state index contributed by atoms with van der Waals surface area (Å²) in [6.45, 7) is 7.65. The zero-order chi connectivity index (χ0) is 15.5. The Labute approximate surface area is 126 Å². The van der Waals surface area contributed by atoms with Crippen LogP contribution in [0, 0.1) is 5.41 Å². The van der Waals surface area contributed by atoms with Gasteiger partial charge in [0.05, 0.1) is 0 Å². The predicted molar refractivity (Wildman–Crippen MR) is 84.7 cm³/mol. The number of hydrogen-bond donors (Lipinski definition) is 1. The molecule has 4 heteroatoms. The fourth-order valence-corrected chi connectivity index (χ4v) is 2.62. The number of Topliss-reactive ketones (excluding diaryl/α,β-unsaturated/α-hetero) is 1. The molecule has 1 aliphatic heterocycles. The van der Waals surface area contributed by atoms with Crippen LogP contribution in [0.3, 0.4) is 0 Å². The lowest BCUT2D eigenvalue weighted by molar-refractivity contribution is 0.101. The molecular weight excluding hydrogens is 264 g/mol. The van der Waals surface area contributed by atoms with Gasteiger partial charge in [-0.2, -0.15) is 0 Å². The molecule has 1 aromatic carbocycles. The van der Waals surface area contributed by atoms with E-state index in [1.807, 2.05) is 4.90 Å².